The lowest BCUT2D eigenvalue weighted by Crippen LogP contribution is -2.41. The average molecular weight is 196 g/mol. The Labute approximate surface area is 88.1 Å². The molecule has 0 saturated carbocycles. The minimum atomic E-state index is 0.677. The number of hydrogen-bond donors (Lipinski definition) is 1. The van der Waals surface area contributed by atoms with E-state index in [1.165, 1.54) is 51.9 Å². The van der Waals surface area contributed by atoms with Crippen LogP contribution in [0.15, 0.2) is 0 Å². The molecular formula is C12H24N2. The van der Waals surface area contributed by atoms with Crippen molar-refractivity contribution in [1.29, 1.82) is 0 Å². The van der Waals surface area contributed by atoms with Crippen LogP contribution in [-0.4, -0.2) is 38.1 Å². The van der Waals surface area contributed by atoms with E-state index in [1.807, 2.05) is 0 Å². The van der Waals surface area contributed by atoms with E-state index in [9.17, 15) is 0 Å². The zero-order chi connectivity index (χ0) is 10.0. The molecule has 0 amide bonds. The van der Waals surface area contributed by atoms with Gasteiger partial charge in [-0.1, -0.05) is 13.3 Å². The minimum absolute atomic E-state index is 0.677. The van der Waals surface area contributed by atoms with Gasteiger partial charge < -0.3 is 10.2 Å². The van der Waals surface area contributed by atoms with Crippen molar-refractivity contribution in [2.75, 3.05) is 33.2 Å². The summed E-state index contributed by atoms with van der Waals surface area (Å²) in [5, 5.41) is 3.49. The van der Waals surface area contributed by atoms with Crippen LogP contribution in [0.3, 0.4) is 0 Å². The molecule has 2 nitrogen and oxygen atoms in total. The van der Waals surface area contributed by atoms with E-state index in [2.05, 4.69) is 24.2 Å². The second kappa shape index (κ2) is 4.19. The Morgan fingerprint density at radius 3 is 2.71 bits per heavy atom. The molecule has 82 valence electrons. The summed E-state index contributed by atoms with van der Waals surface area (Å²) in [4.78, 5) is 2.55. The smallest absolute Gasteiger partial charge is 0.00391 e. The van der Waals surface area contributed by atoms with Gasteiger partial charge in [-0.15, -0.1) is 0 Å². The molecule has 0 radical (unpaired) electrons. The molecule has 0 aromatic heterocycles. The molecule has 2 heterocycles. The maximum absolute atomic E-state index is 3.49. The van der Waals surface area contributed by atoms with Crippen molar-refractivity contribution in [2.45, 2.75) is 32.6 Å². The van der Waals surface area contributed by atoms with Crippen LogP contribution in [0.1, 0.15) is 32.6 Å². The molecule has 2 aliphatic heterocycles. The van der Waals surface area contributed by atoms with E-state index in [0.29, 0.717) is 5.41 Å². The molecule has 2 fully saturated rings. The van der Waals surface area contributed by atoms with Crippen LogP contribution in [0.25, 0.3) is 0 Å². The number of hydrogen-bond acceptors (Lipinski definition) is 2. The fourth-order valence-corrected chi connectivity index (χ4v) is 3.54. The molecule has 2 rings (SSSR count). The molecule has 1 spiro atoms. The van der Waals surface area contributed by atoms with Gasteiger partial charge >= 0.3 is 0 Å². The Morgan fingerprint density at radius 2 is 2.07 bits per heavy atom. The van der Waals surface area contributed by atoms with Crippen molar-refractivity contribution in [1.82, 2.24) is 10.2 Å². The van der Waals surface area contributed by atoms with Crippen LogP contribution in [0, 0.1) is 11.3 Å². The van der Waals surface area contributed by atoms with Crippen LogP contribution < -0.4 is 5.32 Å². The van der Waals surface area contributed by atoms with Gasteiger partial charge in [0, 0.05) is 13.1 Å². The van der Waals surface area contributed by atoms with Gasteiger partial charge in [-0.25, -0.2) is 0 Å². The predicted molar refractivity (Wildman–Crippen MR) is 60.4 cm³/mol. The Balaban J connectivity index is 2.05. The lowest BCUT2D eigenvalue weighted by Gasteiger charge is -2.38. The predicted octanol–water partition coefficient (Wildman–Crippen LogP) is 1.72. The zero-order valence-corrected chi connectivity index (χ0v) is 9.68. The van der Waals surface area contributed by atoms with Crippen LogP contribution in [-0.2, 0) is 0 Å². The first-order valence-electron chi connectivity index (χ1n) is 6.16. The molecule has 14 heavy (non-hydrogen) atoms. The van der Waals surface area contributed by atoms with Gasteiger partial charge in [0.05, 0.1) is 0 Å². The third kappa shape index (κ3) is 1.82. The number of nitrogens with one attached hydrogen (secondary N) is 1. The van der Waals surface area contributed by atoms with E-state index >= 15 is 0 Å². The lowest BCUT2D eigenvalue weighted by atomic mass is 9.70. The fourth-order valence-electron chi connectivity index (χ4n) is 3.54. The molecule has 2 saturated heterocycles. The highest BCUT2D eigenvalue weighted by Gasteiger charge is 2.44. The third-order valence-corrected chi connectivity index (χ3v) is 4.22. The van der Waals surface area contributed by atoms with Crippen molar-refractivity contribution in [3.05, 3.63) is 0 Å². The largest absolute Gasteiger partial charge is 0.317 e. The molecule has 2 heteroatoms. The van der Waals surface area contributed by atoms with Gasteiger partial charge in [0.15, 0.2) is 0 Å². The van der Waals surface area contributed by atoms with Gasteiger partial charge in [-0.05, 0) is 50.7 Å². The maximum Gasteiger partial charge on any atom is 0.00391 e. The molecule has 1 unspecified atom stereocenters. The Hall–Kier alpha value is -0.0800. The second-order valence-electron chi connectivity index (χ2n) is 5.29. The van der Waals surface area contributed by atoms with Gasteiger partial charge in [0.2, 0.25) is 0 Å². The Kier molecular flexibility index (Phi) is 3.13. The highest BCUT2D eigenvalue weighted by atomic mass is 15.1. The summed E-state index contributed by atoms with van der Waals surface area (Å²) in [6, 6.07) is 0. The summed E-state index contributed by atoms with van der Waals surface area (Å²) in [6.07, 6.45) is 5.60. The summed E-state index contributed by atoms with van der Waals surface area (Å²) >= 11 is 0. The monoisotopic (exact) mass is 196 g/mol. The van der Waals surface area contributed by atoms with Crippen molar-refractivity contribution in [2.24, 2.45) is 11.3 Å². The van der Waals surface area contributed by atoms with Crippen LogP contribution in [0.2, 0.25) is 0 Å². The molecule has 1 N–H and O–H groups in total. The molecule has 1 atom stereocenters. The first-order chi connectivity index (χ1) is 6.77. The van der Waals surface area contributed by atoms with Crippen molar-refractivity contribution >= 4 is 0 Å². The zero-order valence-electron chi connectivity index (χ0n) is 9.68. The molecule has 2 aliphatic rings. The van der Waals surface area contributed by atoms with Gasteiger partial charge in [0.25, 0.3) is 0 Å². The standard InChI is InChI=1S/C12H24N2/c1-3-4-11-9-14(2)10-12(11)5-7-13-8-6-12/h11,13H,3-10H2,1-2H3. The summed E-state index contributed by atoms with van der Waals surface area (Å²) in [6.45, 7) is 7.50. The fraction of sp³-hybridized carbons (Fsp3) is 1.00. The van der Waals surface area contributed by atoms with Gasteiger partial charge in [-0.3, -0.25) is 0 Å². The number of piperidine rings is 1. The normalized spacial score (nSPS) is 32.6. The van der Waals surface area contributed by atoms with Crippen LogP contribution in [0.5, 0.6) is 0 Å². The Bertz CT molecular complexity index is 185. The first kappa shape index (κ1) is 10.4. The number of nitrogens with zero attached hydrogens (tertiary/aromatic N) is 1. The summed E-state index contributed by atoms with van der Waals surface area (Å²) < 4.78 is 0. The van der Waals surface area contributed by atoms with Crippen molar-refractivity contribution < 1.29 is 0 Å². The van der Waals surface area contributed by atoms with E-state index in [0.717, 1.165) is 5.92 Å². The second-order valence-corrected chi connectivity index (χ2v) is 5.29. The van der Waals surface area contributed by atoms with Crippen molar-refractivity contribution in [3.63, 3.8) is 0 Å². The first-order valence-corrected chi connectivity index (χ1v) is 6.16. The van der Waals surface area contributed by atoms with Gasteiger partial charge in [0.1, 0.15) is 0 Å². The minimum Gasteiger partial charge on any atom is -0.317 e. The summed E-state index contributed by atoms with van der Waals surface area (Å²) in [7, 11) is 2.29. The average Bonchev–Trinajstić information content (AvgIpc) is 2.45. The summed E-state index contributed by atoms with van der Waals surface area (Å²) in [5.74, 6) is 0.972. The lowest BCUT2D eigenvalue weighted by molar-refractivity contribution is 0.146. The van der Waals surface area contributed by atoms with Crippen molar-refractivity contribution in [3.8, 4) is 0 Å². The highest BCUT2D eigenvalue weighted by Crippen LogP contribution is 2.44. The molecule has 0 aromatic carbocycles. The maximum atomic E-state index is 3.49. The summed E-state index contributed by atoms with van der Waals surface area (Å²) in [5.41, 5.74) is 0.677. The highest BCUT2D eigenvalue weighted by molar-refractivity contribution is 4.97. The van der Waals surface area contributed by atoms with E-state index in [-0.39, 0.29) is 0 Å². The molecular weight excluding hydrogens is 172 g/mol. The third-order valence-electron chi connectivity index (χ3n) is 4.22. The number of rotatable bonds is 2. The SMILES string of the molecule is CCCC1CN(C)CC12CCNCC2. The van der Waals surface area contributed by atoms with E-state index < -0.39 is 0 Å². The van der Waals surface area contributed by atoms with Crippen LogP contribution in [0.4, 0.5) is 0 Å². The van der Waals surface area contributed by atoms with Gasteiger partial charge in [-0.2, -0.15) is 0 Å². The molecule has 0 aromatic rings. The van der Waals surface area contributed by atoms with Crippen LogP contribution >= 0.6 is 0 Å². The number of likely N-dealkylation sites (tertiary alicyclic amines) is 1. The Morgan fingerprint density at radius 1 is 1.36 bits per heavy atom. The molecule has 0 bridgehead atoms. The van der Waals surface area contributed by atoms with E-state index in [4.69, 9.17) is 0 Å². The quantitative estimate of drug-likeness (QED) is 0.723. The van der Waals surface area contributed by atoms with E-state index in [1.54, 1.807) is 0 Å². The topological polar surface area (TPSA) is 15.3 Å². The molecule has 0 aliphatic carbocycles.